The number of esters is 3. The van der Waals surface area contributed by atoms with Crippen molar-refractivity contribution in [2.24, 2.45) is 4.99 Å². The summed E-state index contributed by atoms with van der Waals surface area (Å²) < 4.78 is 26.7. The summed E-state index contributed by atoms with van der Waals surface area (Å²) >= 11 is 4.52. The molecule has 0 radical (unpaired) electrons. The molecule has 9 nitrogen and oxygen atoms in total. The summed E-state index contributed by atoms with van der Waals surface area (Å²) in [5.41, 5.74) is 0. The molecule has 1 aliphatic rings. The summed E-state index contributed by atoms with van der Waals surface area (Å²) in [5.74, 6) is -1.86. The Kier molecular flexibility index (Phi) is 8.64. The highest BCUT2D eigenvalue weighted by atomic mass is 32.1. The highest BCUT2D eigenvalue weighted by molar-refractivity contribution is 7.78. The summed E-state index contributed by atoms with van der Waals surface area (Å²) in [5, 5.41) is 2.23. The van der Waals surface area contributed by atoms with E-state index in [1.807, 2.05) is 0 Å². The summed E-state index contributed by atoms with van der Waals surface area (Å²) in [4.78, 5) is 38.2. The van der Waals surface area contributed by atoms with E-state index in [1.54, 1.807) is 0 Å². The quantitative estimate of drug-likeness (QED) is 0.274. The molecule has 0 aromatic heterocycles. The SMILES string of the molecule is CO[C@H]1O[C@H](CCN=C=S)[C@@H](OC(C)=O)[C@H](OC(C)=O)[C@@H]1OC(C)=O. The molecule has 1 rings (SSSR count). The van der Waals surface area contributed by atoms with E-state index in [0.717, 1.165) is 0 Å². The van der Waals surface area contributed by atoms with E-state index in [0.29, 0.717) is 6.42 Å². The number of methoxy groups -OCH3 is 1. The second-order valence-corrected chi connectivity index (χ2v) is 5.45. The van der Waals surface area contributed by atoms with E-state index in [9.17, 15) is 14.4 Å². The molecule has 0 bridgehead atoms. The highest BCUT2D eigenvalue weighted by Gasteiger charge is 2.51. The van der Waals surface area contributed by atoms with Crippen molar-refractivity contribution >= 4 is 35.3 Å². The van der Waals surface area contributed by atoms with Crippen molar-refractivity contribution in [2.75, 3.05) is 13.7 Å². The number of carbonyl (C=O) groups excluding carboxylic acids is 3. The first kappa shape index (κ1) is 21.2. The Bertz CT molecular complexity index is 548. The minimum absolute atomic E-state index is 0.257. The maximum absolute atomic E-state index is 11.5. The molecule has 1 heterocycles. The fourth-order valence-corrected chi connectivity index (χ4v) is 2.61. The summed E-state index contributed by atoms with van der Waals surface area (Å²) in [7, 11) is 1.35. The van der Waals surface area contributed by atoms with E-state index >= 15 is 0 Å². The molecule has 0 aromatic carbocycles. The van der Waals surface area contributed by atoms with Crippen LogP contribution in [0, 0.1) is 0 Å². The molecule has 1 aliphatic heterocycles. The summed E-state index contributed by atoms with van der Waals surface area (Å²) in [6.07, 6.45) is -4.62. The number of carbonyl (C=O) groups is 3. The van der Waals surface area contributed by atoms with Gasteiger partial charge >= 0.3 is 17.9 Å². The van der Waals surface area contributed by atoms with Crippen LogP contribution in [-0.2, 0) is 38.1 Å². The Labute approximate surface area is 150 Å². The Morgan fingerprint density at radius 3 is 2.00 bits per heavy atom. The van der Waals surface area contributed by atoms with E-state index < -0.39 is 48.6 Å². The molecule has 140 valence electrons. The van der Waals surface area contributed by atoms with Gasteiger partial charge in [-0.25, -0.2) is 4.99 Å². The third kappa shape index (κ3) is 6.50. The molecule has 0 saturated carbocycles. The molecule has 25 heavy (non-hydrogen) atoms. The molecule has 0 aliphatic carbocycles. The van der Waals surface area contributed by atoms with Gasteiger partial charge in [-0.1, -0.05) is 0 Å². The van der Waals surface area contributed by atoms with Crippen molar-refractivity contribution in [1.82, 2.24) is 0 Å². The maximum Gasteiger partial charge on any atom is 0.303 e. The number of nitrogens with zero attached hydrogens (tertiary/aromatic N) is 1. The van der Waals surface area contributed by atoms with Crippen LogP contribution in [0.5, 0.6) is 0 Å². The lowest BCUT2D eigenvalue weighted by Crippen LogP contribution is -2.61. The van der Waals surface area contributed by atoms with Gasteiger partial charge in [-0.3, -0.25) is 14.4 Å². The van der Waals surface area contributed by atoms with Gasteiger partial charge in [0.15, 0.2) is 24.6 Å². The monoisotopic (exact) mass is 375 g/mol. The normalized spacial score (nSPS) is 28.4. The molecule has 0 amide bonds. The predicted octanol–water partition coefficient (Wildman–Crippen LogP) is 0.646. The Morgan fingerprint density at radius 1 is 1.00 bits per heavy atom. The number of hydrogen-bond acceptors (Lipinski definition) is 10. The van der Waals surface area contributed by atoms with Crippen LogP contribution in [0.15, 0.2) is 4.99 Å². The van der Waals surface area contributed by atoms with Gasteiger partial charge in [0.2, 0.25) is 0 Å². The first-order valence-corrected chi connectivity index (χ1v) is 7.94. The van der Waals surface area contributed by atoms with E-state index in [4.69, 9.17) is 23.7 Å². The van der Waals surface area contributed by atoms with Crippen molar-refractivity contribution in [3.63, 3.8) is 0 Å². The maximum atomic E-state index is 11.5. The van der Waals surface area contributed by atoms with Crippen molar-refractivity contribution in [3.05, 3.63) is 0 Å². The largest absolute Gasteiger partial charge is 0.456 e. The van der Waals surface area contributed by atoms with Gasteiger partial charge in [0.25, 0.3) is 0 Å². The number of rotatable bonds is 7. The topological polar surface area (TPSA) is 110 Å². The molecule has 10 heteroatoms. The van der Waals surface area contributed by atoms with Crippen LogP contribution in [0.3, 0.4) is 0 Å². The Morgan fingerprint density at radius 2 is 1.52 bits per heavy atom. The van der Waals surface area contributed by atoms with E-state index in [-0.39, 0.29) is 6.54 Å². The molecule has 5 atom stereocenters. The van der Waals surface area contributed by atoms with Crippen LogP contribution >= 0.6 is 12.2 Å². The zero-order chi connectivity index (χ0) is 19.0. The van der Waals surface area contributed by atoms with Crippen LogP contribution in [0.25, 0.3) is 0 Å². The lowest BCUT2D eigenvalue weighted by Gasteiger charge is -2.43. The highest BCUT2D eigenvalue weighted by Crippen LogP contribution is 2.30. The summed E-state index contributed by atoms with van der Waals surface area (Å²) in [6, 6.07) is 0. The first-order chi connectivity index (χ1) is 11.8. The fraction of sp³-hybridized carbons (Fsp3) is 0.733. The van der Waals surface area contributed by atoms with Crippen LogP contribution in [0.2, 0.25) is 0 Å². The molecular weight excluding hydrogens is 354 g/mol. The summed E-state index contributed by atoms with van der Waals surface area (Å²) in [6.45, 7) is 3.85. The van der Waals surface area contributed by atoms with Gasteiger partial charge in [-0.2, -0.15) is 0 Å². The Balaban J connectivity index is 3.18. The third-order valence-electron chi connectivity index (χ3n) is 3.32. The van der Waals surface area contributed by atoms with Crippen molar-refractivity contribution in [1.29, 1.82) is 0 Å². The van der Waals surface area contributed by atoms with Crippen molar-refractivity contribution in [3.8, 4) is 0 Å². The average Bonchev–Trinajstić information content (AvgIpc) is 2.51. The van der Waals surface area contributed by atoms with Crippen LogP contribution in [0.1, 0.15) is 27.2 Å². The molecular formula is C15H21NO8S. The predicted molar refractivity (Wildman–Crippen MR) is 86.8 cm³/mol. The molecule has 0 unspecified atom stereocenters. The number of hydrogen-bond donors (Lipinski definition) is 0. The second kappa shape index (κ2) is 10.2. The van der Waals surface area contributed by atoms with Gasteiger partial charge in [-0.05, 0) is 18.6 Å². The van der Waals surface area contributed by atoms with E-state index in [1.165, 1.54) is 27.9 Å². The average molecular weight is 375 g/mol. The number of ether oxygens (including phenoxy) is 5. The molecule has 0 aromatic rings. The first-order valence-electron chi connectivity index (χ1n) is 7.53. The van der Waals surface area contributed by atoms with Crippen molar-refractivity contribution in [2.45, 2.75) is 57.9 Å². The lowest BCUT2D eigenvalue weighted by molar-refractivity contribution is -0.298. The third-order valence-corrected chi connectivity index (χ3v) is 3.45. The zero-order valence-electron chi connectivity index (χ0n) is 14.4. The van der Waals surface area contributed by atoms with Gasteiger partial charge < -0.3 is 23.7 Å². The van der Waals surface area contributed by atoms with E-state index in [2.05, 4.69) is 22.4 Å². The van der Waals surface area contributed by atoms with Crippen LogP contribution in [-0.4, -0.2) is 67.4 Å². The number of isothiocyanates is 1. The molecule has 1 fully saturated rings. The van der Waals surface area contributed by atoms with Gasteiger partial charge in [0.05, 0.1) is 11.7 Å². The minimum atomic E-state index is -1.10. The molecule has 0 spiro atoms. The molecule has 0 N–H and O–H groups in total. The zero-order valence-corrected chi connectivity index (χ0v) is 15.2. The standard InChI is InChI=1S/C15H21NO8S/c1-8(17)21-12-11(5-6-16-7-25)24-15(20-4)14(23-10(3)19)13(12)22-9(2)18/h11-15H,5-6H2,1-4H3/t11-,12-,13+,14+,15+/m1/s1. The number of thiocarbonyl (C=S) groups is 1. The van der Waals surface area contributed by atoms with Gasteiger partial charge in [0, 0.05) is 27.9 Å². The van der Waals surface area contributed by atoms with Gasteiger partial charge in [-0.15, -0.1) is 0 Å². The molecule has 1 saturated heterocycles. The van der Waals surface area contributed by atoms with Crippen molar-refractivity contribution < 1.29 is 38.1 Å². The minimum Gasteiger partial charge on any atom is -0.456 e. The van der Waals surface area contributed by atoms with Crippen LogP contribution in [0.4, 0.5) is 0 Å². The number of aliphatic imine (C=N–C) groups is 1. The second-order valence-electron chi connectivity index (χ2n) is 5.26. The van der Waals surface area contributed by atoms with Crippen LogP contribution < -0.4 is 0 Å². The smallest absolute Gasteiger partial charge is 0.303 e. The van der Waals surface area contributed by atoms with Gasteiger partial charge in [0.1, 0.15) is 6.10 Å². The lowest BCUT2D eigenvalue weighted by atomic mass is 9.96. The fourth-order valence-electron chi connectivity index (χ4n) is 2.51. The Hall–Kier alpha value is -1.87.